The van der Waals surface area contributed by atoms with Gasteiger partial charge in [-0.05, 0) is 38.1 Å². The summed E-state index contributed by atoms with van der Waals surface area (Å²) in [6.45, 7) is 3.82. The Bertz CT molecular complexity index is 602. The predicted molar refractivity (Wildman–Crippen MR) is 69.2 cm³/mol. The van der Waals surface area contributed by atoms with Crippen LogP contribution in [-0.2, 0) is 7.05 Å². The fraction of sp³-hybridized carbons (Fsp3) is 0.214. The molecule has 0 bridgehead atoms. The quantitative estimate of drug-likeness (QED) is 0.868. The summed E-state index contributed by atoms with van der Waals surface area (Å²) >= 11 is 0. The second-order valence-electron chi connectivity index (χ2n) is 4.31. The molecular weight excluding hydrogens is 231 g/mol. The zero-order valence-corrected chi connectivity index (χ0v) is 10.6. The van der Waals surface area contributed by atoms with Gasteiger partial charge in [-0.2, -0.15) is 0 Å². The van der Waals surface area contributed by atoms with E-state index in [2.05, 4.69) is 5.32 Å². The Kier molecular flexibility index (Phi) is 3.19. The SMILES string of the molecule is Cc1cc(C(=O)Nc2cccc(F)c2)c(C)n1C. The van der Waals surface area contributed by atoms with E-state index in [0.717, 1.165) is 11.4 Å². The number of carbonyl (C=O) groups excluding carboxylic acids is 1. The number of nitrogens with one attached hydrogen (secondary N) is 1. The molecule has 0 atom stereocenters. The molecule has 0 aliphatic rings. The molecule has 4 heteroatoms. The van der Waals surface area contributed by atoms with Crippen molar-refractivity contribution < 1.29 is 9.18 Å². The van der Waals surface area contributed by atoms with Gasteiger partial charge in [-0.15, -0.1) is 0 Å². The Morgan fingerprint density at radius 2 is 2.00 bits per heavy atom. The van der Waals surface area contributed by atoms with Crippen molar-refractivity contribution in [3.8, 4) is 0 Å². The van der Waals surface area contributed by atoms with Gasteiger partial charge in [-0.25, -0.2) is 4.39 Å². The van der Waals surface area contributed by atoms with E-state index in [1.165, 1.54) is 12.1 Å². The van der Waals surface area contributed by atoms with E-state index >= 15 is 0 Å². The molecule has 94 valence electrons. The summed E-state index contributed by atoms with van der Waals surface area (Å²) in [4.78, 5) is 12.1. The topological polar surface area (TPSA) is 34.0 Å². The van der Waals surface area contributed by atoms with Gasteiger partial charge in [0, 0.05) is 24.1 Å². The summed E-state index contributed by atoms with van der Waals surface area (Å²) in [6, 6.07) is 7.68. The molecule has 0 aliphatic carbocycles. The van der Waals surface area contributed by atoms with Crippen molar-refractivity contribution in [2.45, 2.75) is 13.8 Å². The first-order chi connectivity index (χ1) is 8.49. The van der Waals surface area contributed by atoms with Gasteiger partial charge >= 0.3 is 0 Å². The fourth-order valence-corrected chi connectivity index (χ4v) is 1.85. The molecule has 1 aromatic heterocycles. The number of aromatic nitrogens is 1. The number of hydrogen-bond donors (Lipinski definition) is 1. The number of carbonyl (C=O) groups is 1. The van der Waals surface area contributed by atoms with Gasteiger partial charge in [0.05, 0.1) is 5.56 Å². The minimum Gasteiger partial charge on any atom is -0.351 e. The Morgan fingerprint density at radius 3 is 2.56 bits per heavy atom. The van der Waals surface area contributed by atoms with Gasteiger partial charge in [0.15, 0.2) is 0 Å². The molecule has 1 N–H and O–H groups in total. The molecule has 0 radical (unpaired) electrons. The molecule has 0 spiro atoms. The lowest BCUT2D eigenvalue weighted by molar-refractivity contribution is 0.102. The maximum absolute atomic E-state index is 13.0. The molecule has 1 amide bonds. The Hall–Kier alpha value is -2.10. The minimum atomic E-state index is -0.367. The second kappa shape index (κ2) is 4.64. The van der Waals surface area contributed by atoms with Crippen molar-refractivity contribution in [2.75, 3.05) is 5.32 Å². The standard InChI is InChI=1S/C14H15FN2O/c1-9-7-13(10(2)17(9)3)14(18)16-12-6-4-5-11(15)8-12/h4-8H,1-3H3,(H,16,18). The van der Waals surface area contributed by atoms with Crippen molar-refractivity contribution in [3.63, 3.8) is 0 Å². The zero-order valence-electron chi connectivity index (χ0n) is 10.6. The molecule has 3 nitrogen and oxygen atoms in total. The molecule has 0 aliphatic heterocycles. The lowest BCUT2D eigenvalue weighted by Crippen LogP contribution is -2.13. The highest BCUT2D eigenvalue weighted by Crippen LogP contribution is 2.16. The molecule has 2 rings (SSSR count). The van der Waals surface area contributed by atoms with Crippen LogP contribution in [0.2, 0.25) is 0 Å². The normalized spacial score (nSPS) is 10.4. The molecule has 1 aromatic carbocycles. The van der Waals surface area contributed by atoms with Crippen LogP contribution in [0.25, 0.3) is 0 Å². The van der Waals surface area contributed by atoms with E-state index in [1.807, 2.05) is 31.5 Å². The van der Waals surface area contributed by atoms with Crippen LogP contribution in [0.1, 0.15) is 21.7 Å². The van der Waals surface area contributed by atoms with Crippen LogP contribution in [0.3, 0.4) is 0 Å². The van der Waals surface area contributed by atoms with E-state index in [1.54, 1.807) is 12.1 Å². The molecule has 2 aromatic rings. The average molecular weight is 246 g/mol. The van der Waals surface area contributed by atoms with Gasteiger partial charge in [-0.3, -0.25) is 4.79 Å². The summed E-state index contributed by atoms with van der Waals surface area (Å²) in [5, 5.41) is 2.69. The Labute approximate surface area is 105 Å². The van der Waals surface area contributed by atoms with Crippen molar-refractivity contribution in [2.24, 2.45) is 7.05 Å². The number of aryl methyl sites for hydroxylation is 1. The highest BCUT2D eigenvalue weighted by molar-refractivity contribution is 6.05. The fourth-order valence-electron chi connectivity index (χ4n) is 1.85. The first kappa shape index (κ1) is 12.4. The highest BCUT2D eigenvalue weighted by atomic mass is 19.1. The molecule has 1 heterocycles. The summed E-state index contributed by atoms with van der Waals surface area (Å²) in [5.74, 6) is -0.587. The smallest absolute Gasteiger partial charge is 0.257 e. The number of nitrogens with zero attached hydrogens (tertiary/aromatic N) is 1. The number of benzene rings is 1. The van der Waals surface area contributed by atoms with E-state index in [9.17, 15) is 9.18 Å². The molecule has 0 unspecified atom stereocenters. The Balaban J connectivity index is 2.25. The van der Waals surface area contributed by atoms with Crippen molar-refractivity contribution >= 4 is 11.6 Å². The lowest BCUT2D eigenvalue weighted by Gasteiger charge is -2.05. The third-order valence-electron chi connectivity index (χ3n) is 3.10. The molecule has 0 fully saturated rings. The van der Waals surface area contributed by atoms with Gasteiger partial charge in [0.2, 0.25) is 0 Å². The van der Waals surface area contributed by atoms with Gasteiger partial charge in [-0.1, -0.05) is 6.07 Å². The van der Waals surface area contributed by atoms with E-state index in [0.29, 0.717) is 11.3 Å². The third kappa shape index (κ3) is 2.27. The number of anilines is 1. The summed E-state index contributed by atoms with van der Waals surface area (Å²) in [6.07, 6.45) is 0. The third-order valence-corrected chi connectivity index (χ3v) is 3.10. The van der Waals surface area contributed by atoms with E-state index in [4.69, 9.17) is 0 Å². The molecule has 0 saturated carbocycles. The van der Waals surface area contributed by atoms with Crippen LogP contribution in [0.4, 0.5) is 10.1 Å². The van der Waals surface area contributed by atoms with Crippen LogP contribution >= 0.6 is 0 Å². The van der Waals surface area contributed by atoms with Crippen LogP contribution in [-0.4, -0.2) is 10.5 Å². The largest absolute Gasteiger partial charge is 0.351 e. The van der Waals surface area contributed by atoms with Crippen molar-refractivity contribution in [1.82, 2.24) is 4.57 Å². The van der Waals surface area contributed by atoms with Crippen LogP contribution in [0.15, 0.2) is 30.3 Å². The lowest BCUT2D eigenvalue weighted by atomic mass is 10.2. The van der Waals surface area contributed by atoms with Crippen LogP contribution < -0.4 is 5.32 Å². The Morgan fingerprint density at radius 1 is 1.28 bits per heavy atom. The van der Waals surface area contributed by atoms with E-state index in [-0.39, 0.29) is 11.7 Å². The van der Waals surface area contributed by atoms with Gasteiger partial charge in [0.1, 0.15) is 5.82 Å². The average Bonchev–Trinajstić information content (AvgIpc) is 2.57. The van der Waals surface area contributed by atoms with Crippen LogP contribution in [0.5, 0.6) is 0 Å². The summed E-state index contributed by atoms with van der Waals surface area (Å²) in [5.41, 5.74) is 2.97. The summed E-state index contributed by atoms with van der Waals surface area (Å²) < 4.78 is 15.0. The molecular formula is C14H15FN2O. The second-order valence-corrected chi connectivity index (χ2v) is 4.31. The highest BCUT2D eigenvalue weighted by Gasteiger charge is 2.14. The number of halogens is 1. The summed E-state index contributed by atoms with van der Waals surface area (Å²) in [7, 11) is 1.91. The van der Waals surface area contributed by atoms with Crippen LogP contribution in [0, 0.1) is 19.7 Å². The number of amides is 1. The van der Waals surface area contributed by atoms with E-state index < -0.39 is 0 Å². The van der Waals surface area contributed by atoms with Crippen molar-refractivity contribution in [3.05, 3.63) is 53.1 Å². The first-order valence-electron chi connectivity index (χ1n) is 5.69. The molecule has 0 saturated heterocycles. The van der Waals surface area contributed by atoms with Gasteiger partial charge < -0.3 is 9.88 Å². The predicted octanol–water partition coefficient (Wildman–Crippen LogP) is 3.03. The number of rotatable bonds is 2. The van der Waals surface area contributed by atoms with Crippen molar-refractivity contribution in [1.29, 1.82) is 0 Å². The minimum absolute atomic E-state index is 0.221. The monoisotopic (exact) mass is 246 g/mol. The maximum Gasteiger partial charge on any atom is 0.257 e. The maximum atomic E-state index is 13.0. The van der Waals surface area contributed by atoms with Gasteiger partial charge in [0.25, 0.3) is 5.91 Å². The first-order valence-corrected chi connectivity index (χ1v) is 5.69. The zero-order chi connectivity index (χ0) is 13.3. The number of hydrogen-bond acceptors (Lipinski definition) is 1. The molecule has 18 heavy (non-hydrogen) atoms.